The van der Waals surface area contributed by atoms with Crippen molar-refractivity contribution in [2.75, 3.05) is 0 Å². The van der Waals surface area contributed by atoms with Gasteiger partial charge in [-0.05, 0) is 6.07 Å². The van der Waals surface area contributed by atoms with E-state index in [9.17, 15) is 8.78 Å². The first-order valence-electron chi connectivity index (χ1n) is 4.61. The van der Waals surface area contributed by atoms with Crippen LogP contribution < -0.4 is 0 Å². The fourth-order valence-corrected chi connectivity index (χ4v) is 1.57. The Morgan fingerprint density at radius 3 is 2.73 bits per heavy atom. The Labute approximate surface area is 101 Å². The Kier molecular flexibility index (Phi) is 4.12. The van der Waals surface area contributed by atoms with Gasteiger partial charge in [0.1, 0.15) is 0 Å². The van der Waals surface area contributed by atoms with Crippen LogP contribution >= 0.6 is 0 Å². The molecule has 0 aliphatic heterocycles. The maximum absolute atomic E-state index is 13.4. The van der Waals surface area contributed by atoms with Crippen molar-refractivity contribution in [3.05, 3.63) is 36.2 Å². The molecule has 0 amide bonds. The molecule has 4 heteroatoms. The van der Waals surface area contributed by atoms with Crippen molar-refractivity contribution in [2.45, 2.75) is 25.2 Å². The van der Waals surface area contributed by atoms with E-state index in [2.05, 4.69) is 11.1 Å². The zero-order valence-corrected chi connectivity index (χ0v) is 10.4. The summed E-state index contributed by atoms with van der Waals surface area (Å²) in [6.45, 7) is 0. The minimum Gasteiger partial charge on any atom is -0.351 e. The van der Waals surface area contributed by atoms with Crippen molar-refractivity contribution in [1.82, 2.24) is 4.98 Å². The Morgan fingerprint density at radius 1 is 1.33 bits per heavy atom. The molecule has 0 spiro atoms. The number of nitrogens with zero attached hydrogens (tertiary/aromatic N) is 1. The standard InChI is InChI=1S/C11H10F2N.Ir/c12-11(13)7-3-1-5-9(11)10-6-2-4-8-14-10;/h2,4,6,8H,1,3,7H2;/q-1;. The van der Waals surface area contributed by atoms with Crippen molar-refractivity contribution < 1.29 is 28.9 Å². The summed E-state index contributed by atoms with van der Waals surface area (Å²) < 4.78 is 26.8. The molecule has 0 bridgehead atoms. The fraction of sp³-hybridized carbons (Fsp3) is 0.364. The monoisotopic (exact) mass is 387 g/mol. The summed E-state index contributed by atoms with van der Waals surface area (Å²) in [5, 5.41) is 0. The Hall–Kier alpha value is -0.601. The Bertz CT molecular complexity index is 349. The first kappa shape index (κ1) is 12.5. The molecule has 1 aromatic rings. The van der Waals surface area contributed by atoms with Crippen molar-refractivity contribution >= 4 is 5.57 Å². The zero-order valence-electron chi connectivity index (χ0n) is 7.97. The van der Waals surface area contributed by atoms with Crippen LogP contribution in [0.3, 0.4) is 0 Å². The van der Waals surface area contributed by atoms with Gasteiger partial charge in [-0.15, -0.1) is 18.1 Å². The topological polar surface area (TPSA) is 12.9 Å². The van der Waals surface area contributed by atoms with Crippen LogP contribution in [0.5, 0.6) is 0 Å². The van der Waals surface area contributed by atoms with E-state index in [1.54, 1.807) is 18.2 Å². The van der Waals surface area contributed by atoms with Crippen LogP contribution in [0.4, 0.5) is 8.78 Å². The van der Waals surface area contributed by atoms with E-state index in [0.29, 0.717) is 18.5 Å². The van der Waals surface area contributed by atoms with E-state index in [1.165, 1.54) is 6.20 Å². The minimum atomic E-state index is -2.76. The third-order valence-corrected chi connectivity index (χ3v) is 2.26. The summed E-state index contributed by atoms with van der Waals surface area (Å²) in [4.78, 5) is 3.92. The summed E-state index contributed by atoms with van der Waals surface area (Å²) in [7, 11) is 0. The number of allylic oxidation sites excluding steroid dienone is 2. The number of halogens is 2. The first-order chi connectivity index (χ1) is 6.70. The maximum atomic E-state index is 13.4. The van der Waals surface area contributed by atoms with Gasteiger partial charge in [-0.25, -0.2) is 8.78 Å². The van der Waals surface area contributed by atoms with Crippen molar-refractivity contribution in [1.29, 1.82) is 0 Å². The number of rotatable bonds is 1. The summed E-state index contributed by atoms with van der Waals surface area (Å²) >= 11 is 0. The van der Waals surface area contributed by atoms with E-state index >= 15 is 0 Å². The fourth-order valence-electron chi connectivity index (χ4n) is 1.57. The van der Waals surface area contributed by atoms with Gasteiger partial charge in [0.15, 0.2) is 0 Å². The van der Waals surface area contributed by atoms with Crippen LogP contribution in [0.2, 0.25) is 0 Å². The predicted octanol–water partition coefficient (Wildman–Crippen LogP) is 3.08. The van der Waals surface area contributed by atoms with Crippen LogP contribution in [-0.4, -0.2) is 10.9 Å². The summed E-state index contributed by atoms with van der Waals surface area (Å²) in [6.07, 6.45) is 5.26. The van der Waals surface area contributed by atoms with Gasteiger partial charge in [-0.1, -0.05) is 18.2 Å². The largest absolute Gasteiger partial charge is 0.351 e. The van der Waals surface area contributed by atoms with Crippen LogP contribution in [0, 0.1) is 6.08 Å². The molecule has 1 nitrogen and oxygen atoms in total. The van der Waals surface area contributed by atoms with Gasteiger partial charge in [0.2, 0.25) is 5.92 Å². The molecule has 1 radical (unpaired) electrons. The van der Waals surface area contributed by atoms with Crippen molar-refractivity contribution in [3.8, 4) is 0 Å². The Balaban J connectivity index is 0.00000112. The molecule has 1 heterocycles. The minimum absolute atomic E-state index is 0. The molecule has 0 aromatic carbocycles. The summed E-state index contributed by atoms with van der Waals surface area (Å²) in [5.74, 6) is -2.76. The Morgan fingerprint density at radius 2 is 2.13 bits per heavy atom. The smallest absolute Gasteiger partial charge is 0.242 e. The van der Waals surface area contributed by atoms with Crippen LogP contribution in [0.1, 0.15) is 25.0 Å². The molecule has 15 heavy (non-hydrogen) atoms. The van der Waals surface area contributed by atoms with E-state index < -0.39 is 5.92 Å². The van der Waals surface area contributed by atoms with Gasteiger partial charge >= 0.3 is 0 Å². The van der Waals surface area contributed by atoms with Gasteiger partial charge in [-0.2, -0.15) is 0 Å². The number of hydrogen-bond acceptors (Lipinski definition) is 1. The third-order valence-electron chi connectivity index (χ3n) is 2.26. The van der Waals surface area contributed by atoms with E-state index in [4.69, 9.17) is 0 Å². The molecule has 0 unspecified atom stereocenters. The van der Waals surface area contributed by atoms with Gasteiger partial charge < -0.3 is 4.98 Å². The molecular weight excluding hydrogens is 376 g/mol. The average Bonchev–Trinajstić information content (AvgIpc) is 2.18. The molecule has 1 aliphatic rings. The number of aromatic nitrogens is 1. The van der Waals surface area contributed by atoms with E-state index in [0.717, 1.165) is 0 Å². The molecule has 0 atom stereocenters. The van der Waals surface area contributed by atoms with Crippen LogP contribution in [0.25, 0.3) is 5.57 Å². The molecule has 0 N–H and O–H groups in total. The van der Waals surface area contributed by atoms with Gasteiger partial charge in [-0.3, -0.25) is 6.08 Å². The molecule has 0 fully saturated rings. The van der Waals surface area contributed by atoms with E-state index in [-0.39, 0.29) is 32.1 Å². The number of hydrogen-bond donors (Lipinski definition) is 0. The third kappa shape index (κ3) is 2.70. The molecule has 83 valence electrons. The van der Waals surface area contributed by atoms with Crippen LogP contribution in [-0.2, 0) is 20.1 Å². The quantitative estimate of drug-likeness (QED) is 0.676. The van der Waals surface area contributed by atoms with E-state index in [1.807, 2.05) is 0 Å². The normalized spacial score (nSPS) is 18.9. The predicted molar refractivity (Wildman–Crippen MR) is 49.7 cm³/mol. The second kappa shape index (κ2) is 4.95. The first-order valence-corrected chi connectivity index (χ1v) is 4.61. The molecule has 0 saturated heterocycles. The maximum Gasteiger partial charge on any atom is 0.242 e. The second-order valence-corrected chi connectivity index (χ2v) is 3.32. The molecule has 0 saturated carbocycles. The van der Waals surface area contributed by atoms with Gasteiger partial charge in [0, 0.05) is 32.7 Å². The van der Waals surface area contributed by atoms with Gasteiger partial charge in [0.25, 0.3) is 0 Å². The SMILES string of the molecule is FC1(F)CCC[C-]=C1c1ccccn1.[Ir]. The molecule has 2 rings (SSSR count). The van der Waals surface area contributed by atoms with Crippen molar-refractivity contribution in [3.63, 3.8) is 0 Å². The zero-order chi connectivity index (χ0) is 10.0. The van der Waals surface area contributed by atoms with Gasteiger partial charge in [0.05, 0.1) is 0 Å². The molecule has 1 aliphatic carbocycles. The van der Waals surface area contributed by atoms with Crippen molar-refractivity contribution in [2.24, 2.45) is 0 Å². The second-order valence-electron chi connectivity index (χ2n) is 3.32. The number of alkyl halides is 2. The van der Waals surface area contributed by atoms with Crippen LogP contribution in [0.15, 0.2) is 24.4 Å². The number of pyridine rings is 1. The summed E-state index contributed by atoms with van der Waals surface area (Å²) in [6, 6.07) is 5.02. The average molecular weight is 386 g/mol. The molecular formula is C11H10F2IrN-. The summed E-state index contributed by atoms with van der Waals surface area (Å²) in [5.41, 5.74) is 0.307. The molecule has 1 aromatic heterocycles.